The predicted molar refractivity (Wildman–Crippen MR) is 91.0 cm³/mol. The zero-order valence-corrected chi connectivity index (χ0v) is 14.9. The summed E-state index contributed by atoms with van der Waals surface area (Å²) in [4.78, 5) is 14.5. The number of benzene rings is 1. The number of carbonyl (C=O) groups excluding carboxylic acids is 1. The predicted octanol–water partition coefficient (Wildman–Crippen LogP) is 2.30. The fraction of sp³-hybridized carbons (Fsp3) is 0.611. The molecule has 4 nitrogen and oxygen atoms in total. The Hall–Kier alpha value is -1.36. The summed E-state index contributed by atoms with van der Waals surface area (Å²) >= 11 is 0. The molecule has 0 aliphatic carbocycles. The molecule has 0 bridgehead atoms. The smallest absolute Gasteiger partial charge is 0.227 e. The molecule has 2 aliphatic rings. The van der Waals surface area contributed by atoms with Crippen LogP contribution in [0.25, 0.3) is 0 Å². The molecule has 23 heavy (non-hydrogen) atoms. The number of hydrogen-bond acceptors (Lipinski definition) is 3. The third-order valence-corrected chi connectivity index (χ3v) is 6.75. The van der Waals surface area contributed by atoms with E-state index in [9.17, 15) is 13.2 Å². The summed E-state index contributed by atoms with van der Waals surface area (Å²) in [7, 11) is -3.01. The molecule has 1 amide bonds. The fourth-order valence-electron chi connectivity index (χ4n) is 3.46. The van der Waals surface area contributed by atoms with Crippen molar-refractivity contribution < 1.29 is 13.2 Å². The van der Waals surface area contributed by atoms with Crippen LogP contribution in [0.1, 0.15) is 43.9 Å². The van der Waals surface area contributed by atoms with Gasteiger partial charge in [-0.1, -0.05) is 39.0 Å². The van der Waals surface area contributed by atoms with Crippen LogP contribution in [-0.4, -0.2) is 37.3 Å². The second-order valence-corrected chi connectivity index (χ2v) is 10.1. The first-order chi connectivity index (χ1) is 10.7. The van der Waals surface area contributed by atoms with E-state index < -0.39 is 9.84 Å². The van der Waals surface area contributed by atoms with Crippen molar-refractivity contribution in [1.29, 1.82) is 0 Å². The molecule has 0 N–H and O–H groups in total. The van der Waals surface area contributed by atoms with Gasteiger partial charge in [-0.05, 0) is 34.9 Å². The average Bonchev–Trinajstić information content (AvgIpc) is 2.84. The van der Waals surface area contributed by atoms with Crippen molar-refractivity contribution in [3.8, 4) is 0 Å². The van der Waals surface area contributed by atoms with Crippen molar-refractivity contribution in [1.82, 2.24) is 4.90 Å². The quantitative estimate of drug-likeness (QED) is 0.791. The molecular weight excluding hydrogens is 310 g/mol. The van der Waals surface area contributed by atoms with Crippen molar-refractivity contribution in [2.24, 2.45) is 5.92 Å². The van der Waals surface area contributed by atoms with Gasteiger partial charge < -0.3 is 4.90 Å². The van der Waals surface area contributed by atoms with Gasteiger partial charge in [0.25, 0.3) is 0 Å². The molecule has 1 aromatic carbocycles. The largest absolute Gasteiger partial charge is 0.338 e. The van der Waals surface area contributed by atoms with Crippen LogP contribution in [0.15, 0.2) is 18.2 Å². The Morgan fingerprint density at radius 1 is 1.22 bits per heavy atom. The van der Waals surface area contributed by atoms with Gasteiger partial charge in [0, 0.05) is 13.1 Å². The monoisotopic (exact) mass is 335 g/mol. The second kappa shape index (κ2) is 5.62. The maximum Gasteiger partial charge on any atom is 0.227 e. The number of carbonyl (C=O) groups is 1. The van der Waals surface area contributed by atoms with Gasteiger partial charge >= 0.3 is 0 Å². The van der Waals surface area contributed by atoms with Crippen LogP contribution in [0.4, 0.5) is 0 Å². The maximum atomic E-state index is 12.6. The number of amides is 1. The van der Waals surface area contributed by atoms with Crippen LogP contribution in [0.2, 0.25) is 0 Å². The maximum absolute atomic E-state index is 12.6. The zero-order chi connectivity index (χ0) is 16.8. The highest BCUT2D eigenvalue weighted by atomic mass is 32.2. The lowest BCUT2D eigenvalue weighted by atomic mass is 9.84. The third kappa shape index (κ3) is 3.44. The molecule has 2 aliphatic heterocycles. The van der Waals surface area contributed by atoms with E-state index >= 15 is 0 Å². The van der Waals surface area contributed by atoms with E-state index in [0.717, 1.165) is 6.42 Å². The van der Waals surface area contributed by atoms with E-state index in [2.05, 4.69) is 39.0 Å². The summed E-state index contributed by atoms with van der Waals surface area (Å²) in [5, 5.41) is 0. The minimum atomic E-state index is -3.01. The summed E-state index contributed by atoms with van der Waals surface area (Å²) in [6, 6.07) is 6.57. The normalized spacial score (nSPS) is 23.6. The standard InChI is InChI=1S/C18H25NO3S/c1-18(2,3)16-5-4-13-6-8-19(11-15(13)10-16)17(20)14-7-9-23(21,22)12-14/h4-5,10,14H,6-9,11-12H2,1-3H3. The van der Waals surface area contributed by atoms with Crippen LogP contribution < -0.4 is 0 Å². The lowest BCUT2D eigenvalue weighted by Gasteiger charge is -2.32. The van der Waals surface area contributed by atoms with Gasteiger partial charge in [0.05, 0.1) is 17.4 Å². The molecule has 5 heteroatoms. The molecule has 0 saturated carbocycles. The van der Waals surface area contributed by atoms with Gasteiger partial charge in [-0.15, -0.1) is 0 Å². The summed E-state index contributed by atoms with van der Waals surface area (Å²) in [5.41, 5.74) is 3.87. The average molecular weight is 335 g/mol. The van der Waals surface area contributed by atoms with Crippen molar-refractivity contribution in [3.63, 3.8) is 0 Å². The Morgan fingerprint density at radius 3 is 2.57 bits per heavy atom. The van der Waals surface area contributed by atoms with Gasteiger partial charge in [-0.25, -0.2) is 8.42 Å². The summed E-state index contributed by atoms with van der Waals surface area (Å²) in [6.45, 7) is 7.85. The Bertz CT molecular complexity index is 731. The number of nitrogens with zero attached hydrogens (tertiary/aromatic N) is 1. The Balaban J connectivity index is 1.78. The van der Waals surface area contributed by atoms with Gasteiger partial charge in [-0.3, -0.25) is 4.79 Å². The van der Waals surface area contributed by atoms with Crippen molar-refractivity contribution in [3.05, 3.63) is 34.9 Å². The summed E-state index contributed by atoms with van der Waals surface area (Å²) in [6.07, 6.45) is 1.33. The van der Waals surface area contributed by atoms with Gasteiger partial charge in [0.1, 0.15) is 0 Å². The first-order valence-electron chi connectivity index (χ1n) is 8.27. The second-order valence-electron chi connectivity index (χ2n) is 7.84. The minimum Gasteiger partial charge on any atom is -0.338 e. The van der Waals surface area contributed by atoms with Crippen LogP contribution in [0.3, 0.4) is 0 Å². The van der Waals surface area contributed by atoms with Crippen LogP contribution in [0.5, 0.6) is 0 Å². The molecule has 1 unspecified atom stereocenters. The highest BCUT2D eigenvalue weighted by molar-refractivity contribution is 7.91. The molecule has 0 spiro atoms. The van der Waals surface area contributed by atoms with Crippen molar-refractivity contribution in [2.75, 3.05) is 18.1 Å². The van der Waals surface area contributed by atoms with Crippen LogP contribution in [0, 0.1) is 5.92 Å². The Morgan fingerprint density at radius 2 is 1.96 bits per heavy atom. The third-order valence-electron chi connectivity index (χ3n) is 4.98. The van der Waals surface area contributed by atoms with Crippen molar-refractivity contribution >= 4 is 15.7 Å². The number of sulfone groups is 1. The first-order valence-corrected chi connectivity index (χ1v) is 10.1. The van der Waals surface area contributed by atoms with E-state index in [1.807, 2.05) is 4.90 Å². The molecule has 126 valence electrons. The number of hydrogen-bond donors (Lipinski definition) is 0. The molecule has 2 heterocycles. The van der Waals surface area contributed by atoms with Gasteiger partial charge in [0.2, 0.25) is 5.91 Å². The lowest BCUT2D eigenvalue weighted by molar-refractivity contribution is -0.135. The Kier molecular flexibility index (Phi) is 4.03. The van der Waals surface area contributed by atoms with E-state index in [4.69, 9.17) is 0 Å². The van der Waals surface area contributed by atoms with Crippen LogP contribution >= 0.6 is 0 Å². The molecule has 1 fully saturated rings. The zero-order valence-electron chi connectivity index (χ0n) is 14.1. The van der Waals surface area contributed by atoms with E-state index in [0.29, 0.717) is 19.5 Å². The molecule has 1 saturated heterocycles. The number of fused-ring (bicyclic) bond motifs is 1. The van der Waals surface area contributed by atoms with Crippen molar-refractivity contribution in [2.45, 2.75) is 45.6 Å². The molecule has 1 atom stereocenters. The first kappa shape index (κ1) is 16.5. The molecule has 1 aromatic rings. The summed E-state index contributed by atoms with van der Waals surface area (Å²) < 4.78 is 23.2. The highest BCUT2D eigenvalue weighted by Gasteiger charge is 2.36. The molecule has 0 aromatic heterocycles. The Labute approximate surface area is 138 Å². The minimum absolute atomic E-state index is 0.0119. The molecular formula is C18H25NO3S. The van der Waals surface area contributed by atoms with Gasteiger partial charge in [0.15, 0.2) is 9.84 Å². The molecule has 0 radical (unpaired) electrons. The van der Waals surface area contributed by atoms with E-state index in [1.165, 1.54) is 16.7 Å². The SMILES string of the molecule is CC(C)(C)c1ccc2c(c1)CN(C(=O)C1CCS(=O)(=O)C1)CC2. The molecule has 3 rings (SSSR count). The summed E-state index contributed by atoms with van der Waals surface area (Å²) in [5.74, 6) is -0.149. The van der Waals surface area contributed by atoms with Gasteiger partial charge in [-0.2, -0.15) is 0 Å². The van der Waals surface area contributed by atoms with E-state index in [1.54, 1.807) is 0 Å². The lowest BCUT2D eigenvalue weighted by Crippen LogP contribution is -2.40. The topological polar surface area (TPSA) is 54.5 Å². The number of rotatable bonds is 1. The fourth-order valence-corrected chi connectivity index (χ4v) is 5.19. The van der Waals surface area contributed by atoms with E-state index in [-0.39, 0.29) is 28.7 Å². The highest BCUT2D eigenvalue weighted by Crippen LogP contribution is 2.29. The van der Waals surface area contributed by atoms with Crippen LogP contribution in [-0.2, 0) is 33.0 Å².